The Labute approximate surface area is 99.5 Å². The van der Waals surface area contributed by atoms with E-state index in [4.69, 9.17) is 9.52 Å². The van der Waals surface area contributed by atoms with Crippen molar-refractivity contribution < 1.29 is 14.3 Å². The number of nitrogens with zero attached hydrogens (tertiary/aromatic N) is 2. The Bertz CT molecular complexity index is 431. The first-order valence-electron chi connectivity index (χ1n) is 5.85. The number of carbonyl (C=O) groups is 1. The molecule has 1 heterocycles. The third kappa shape index (κ3) is 2.72. The van der Waals surface area contributed by atoms with Crippen LogP contribution in [0.4, 0.5) is 0 Å². The van der Waals surface area contributed by atoms with Gasteiger partial charge < -0.3 is 9.52 Å². The molecule has 0 spiro atoms. The highest BCUT2D eigenvalue weighted by Gasteiger charge is 2.33. The van der Waals surface area contributed by atoms with Crippen molar-refractivity contribution >= 4 is 12.0 Å². The van der Waals surface area contributed by atoms with Crippen molar-refractivity contribution in [3.8, 4) is 0 Å². The van der Waals surface area contributed by atoms with Gasteiger partial charge in [0, 0.05) is 17.6 Å². The van der Waals surface area contributed by atoms with Crippen molar-refractivity contribution in [3.05, 3.63) is 17.9 Å². The van der Waals surface area contributed by atoms with Gasteiger partial charge >= 0.3 is 5.97 Å². The van der Waals surface area contributed by atoms with Crippen LogP contribution >= 0.6 is 0 Å². The molecule has 0 saturated heterocycles. The second kappa shape index (κ2) is 4.69. The van der Waals surface area contributed by atoms with Crippen molar-refractivity contribution in [2.45, 2.75) is 44.4 Å². The standard InChI is InChI=1S/C12H16N2O3/c1-12(7-3-2-4-8-12)11-14-13-9(17-11)5-6-10(15)16/h5-6H,2-4,7-8H2,1H3,(H,15,16)/b6-5+. The first-order valence-corrected chi connectivity index (χ1v) is 5.85. The Balaban J connectivity index is 2.14. The number of hydrogen-bond donors (Lipinski definition) is 1. The summed E-state index contributed by atoms with van der Waals surface area (Å²) in [5.41, 5.74) is -0.0411. The molecule has 2 rings (SSSR count). The summed E-state index contributed by atoms with van der Waals surface area (Å²) < 4.78 is 5.50. The van der Waals surface area contributed by atoms with Crippen molar-refractivity contribution in [1.82, 2.24) is 10.2 Å². The number of aromatic nitrogens is 2. The van der Waals surface area contributed by atoms with Gasteiger partial charge in [-0.25, -0.2) is 4.79 Å². The summed E-state index contributed by atoms with van der Waals surface area (Å²) in [7, 11) is 0. The molecule has 1 N–H and O–H groups in total. The van der Waals surface area contributed by atoms with Crippen LogP contribution in [0.1, 0.15) is 50.8 Å². The minimum atomic E-state index is -1.02. The highest BCUT2D eigenvalue weighted by molar-refractivity contribution is 5.84. The van der Waals surface area contributed by atoms with Gasteiger partial charge in [0.1, 0.15) is 0 Å². The largest absolute Gasteiger partial charge is 0.478 e. The van der Waals surface area contributed by atoms with Crippen LogP contribution in [0.15, 0.2) is 10.5 Å². The molecule has 17 heavy (non-hydrogen) atoms. The number of rotatable bonds is 3. The normalized spacial score (nSPS) is 19.6. The van der Waals surface area contributed by atoms with Crippen LogP contribution in [0.25, 0.3) is 6.08 Å². The predicted octanol–water partition coefficient (Wildman–Crippen LogP) is 2.39. The second-order valence-electron chi connectivity index (χ2n) is 4.74. The summed E-state index contributed by atoms with van der Waals surface area (Å²) in [4.78, 5) is 10.4. The van der Waals surface area contributed by atoms with Crippen LogP contribution in [0.3, 0.4) is 0 Å². The molecule has 0 aromatic carbocycles. The van der Waals surface area contributed by atoms with Gasteiger partial charge in [0.15, 0.2) is 0 Å². The van der Waals surface area contributed by atoms with Gasteiger partial charge in [0.25, 0.3) is 0 Å². The Morgan fingerprint density at radius 1 is 1.35 bits per heavy atom. The van der Waals surface area contributed by atoms with E-state index in [9.17, 15) is 4.79 Å². The maximum Gasteiger partial charge on any atom is 0.328 e. The van der Waals surface area contributed by atoms with Gasteiger partial charge in [-0.05, 0) is 12.8 Å². The van der Waals surface area contributed by atoms with E-state index in [1.165, 1.54) is 25.3 Å². The number of carboxylic acid groups (broad SMARTS) is 1. The molecule has 0 unspecified atom stereocenters. The third-order valence-electron chi connectivity index (χ3n) is 3.28. The number of carboxylic acids is 1. The van der Waals surface area contributed by atoms with E-state index in [1.807, 2.05) is 0 Å². The van der Waals surface area contributed by atoms with E-state index < -0.39 is 5.97 Å². The van der Waals surface area contributed by atoms with Crippen LogP contribution in [0.2, 0.25) is 0 Å². The molecule has 0 atom stereocenters. The summed E-state index contributed by atoms with van der Waals surface area (Å²) in [6.07, 6.45) is 8.05. The lowest BCUT2D eigenvalue weighted by molar-refractivity contribution is -0.131. The van der Waals surface area contributed by atoms with E-state index in [-0.39, 0.29) is 11.3 Å². The smallest absolute Gasteiger partial charge is 0.328 e. The monoisotopic (exact) mass is 236 g/mol. The van der Waals surface area contributed by atoms with Crippen LogP contribution in [-0.2, 0) is 10.2 Å². The van der Waals surface area contributed by atoms with Gasteiger partial charge in [0.2, 0.25) is 11.8 Å². The molecule has 1 fully saturated rings. The lowest BCUT2D eigenvalue weighted by Gasteiger charge is -2.29. The SMILES string of the molecule is CC1(c2nnc(/C=C/C(=O)O)o2)CCCCC1. The fourth-order valence-electron chi connectivity index (χ4n) is 2.23. The van der Waals surface area contributed by atoms with Crippen LogP contribution in [0.5, 0.6) is 0 Å². The zero-order valence-corrected chi connectivity index (χ0v) is 9.85. The maximum atomic E-state index is 10.4. The van der Waals surface area contributed by atoms with E-state index in [1.54, 1.807) is 0 Å². The molecule has 5 nitrogen and oxygen atoms in total. The molecular formula is C12H16N2O3. The number of hydrogen-bond acceptors (Lipinski definition) is 4. The summed E-state index contributed by atoms with van der Waals surface area (Å²) in [5, 5.41) is 16.4. The molecule has 1 aromatic rings. The summed E-state index contributed by atoms with van der Waals surface area (Å²) in [6, 6.07) is 0. The topological polar surface area (TPSA) is 76.2 Å². The molecule has 92 valence electrons. The van der Waals surface area contributed by atoms with Crippen LogP contribution < -0.4 is 0 Å². The molecule has 5 heteroatoms. The molecule has 0 radical (unpaired) electrons. The number of aliphatic carboxylic acids is 1. The second-order valence-corrected chi connectivity index (χ2v) is 4.74. The van der Waals surface area contributed by atoms with Gasteiger partial charge in [-0.2, -0.15) is 0 Å². The van der Waals surface area contributed by atoms with E-state index in [2.05, 4.69) is 17.1 Å². The molecule has 0 aliphatic heterocycles. The van der Waals surface area contributed by atoms with E-state index in [0.717, 1.165) is 18.9 Å². The average molecular weight is 236 g/mol. The Hall–Kier alpha value is -1.65. The van der Waals surface area contributed by atoms with Gasteiger partial charge in [0.05, 0.1) is 0 Å². The fourth-order valence-corrected chi connectivity index (χ4v) is 2.23. The first kappa shape index (κ1) is 11.8. The summed E-state index contributed by atoms with van der Waals surface area (Å²) in [6.45, 7) is 2.13. The van der Waals surface area contributed by atoms with Crippen molar-refractivity contribution in [1.29, 1.82) is 0 Å². The Morgan fingerprint density at radius 2 is 2.06 bits per heavy atom. The van der Waals surface area contributed by atoms with Crippen molar-refractivity contribution in [2.24, 2.45) is 0 Å². The summed E-state index contributed by atoms with van der Waals surface area (Å²) in [5.74, 6) is -0.134. The minimum absolute atomic E-state index is 0.0411. The highest BCUT2D eigenvalue weighted by atomic mass is 16.4. The zero-order valence-electron chi connectivity index (χ0n) is 9.85. The van der Waals surface area contributed by atoms with Crippen molar-refractivity contribution in [3.63, 3.8) is 0 Å². The maximum absolute atomic E-state index is 10.4. The zero-order chi connectivity index (χ0) is 12.3. The quantitative estimate of drug-likeness (QED) is 0.815. The molecule has 0 bridgehead atoms. The van der Waals surface area contributed by atoms with Crippen LogP contribution in [0, 0.1) is 0 Å². The Kier molecular flexibility index (Phi) is 3.26. The Morgan fingerprint density at radius 3 is 2.71 bits per heavy atom. The van der Waals surface area contributed by atoms with Gasteiger partial charge in [-0.3, -0.25) is 0 Å². The van der Waals surface area contributed by atoms with Crippen LogP contribution in [-0.4, -0.2) is 21.3 Å². The lowest BCUT2D eigenvalue weighted by Crippen LogP contribution is -2.25. The average Bonchev–Trinajstić information content (AvgIpc) is 2.76. The first-order chi connectivity index (χ1) is 8.10. The molecule has 1 aromatic heterocycles. The summed E-state index contributed by atoms with van der Waals surface area (Å²) >= 11 is 0. The molecule has 1 saturated carbocycles. The molecular weight excluding hydrogens is 220 g/mol. The molecule has 0 amide bonds. The molecule has 1 aliphatic rings. The highest BCUT2D eigenvalue weighted by Crippen LogP contribution is 2.38. The third-order valence-corrected chi connectivity index (χ3v) is 3.28. The van der Waals surface area contributed by atoms with E-state index >= 15 is 0 Å². The predicted molar refractivity (Wildman–Crippen MR) is 61.4 cm³/mol. The van der Waals surface area contributed by atoms with Gasteiger partial charge in [-0.1, -0.05) is 26.2 Å². The minimum Gasteiger partial charge on any atom is -0.478 e. The van der Waals surface area contributed by atoms with Gasteiger partial charge in [-0.15, -0.1) is 10.2 Å². The molecule has 1 aliphatic carbocycles. The lowest BCUT2D eigenvalue weighted by atomic mass is 9.76. The fraction of sp³-hybridized carbons (Fsp3) is 0.583. The van der Waals surface area contributed by atoms with Crippen molar-refractivity contribution in [2.75, 3.05) is 0 Å². The van der Waals surface area contributed by atoms with E-state index in [0.29, 0.717) is 5.89 Å².